The van der Waals surface area contributed by atoms with Crippen LogP contribution in [0.25, 0.3) is 11.0 Å². The van der Waals surface area contributed by atoms with Crippen LogP contribution >= 0.6 is 0 Å². The van der Waals surface area contributed by atoms with Crippen molar-refractivity contribution in [3.63, 3.8) is 0 Å². The lowest BCUT2D eigenvalue weighted by molar-refractivity contribution is 0.112. The lowest BCUT2D eigenvalue weighted by atomic mass is 9.85. The molecule has 0 spiro atoms. The van der Waals surface area contributed by atoms with Crippen molar-refractivity contribution in [1.82, 2.24) is 14.9 Å². The Bertz CT molecular complexity index is 1070. The molecule has 1 aromatic heterocycles. The first-order chi connectivity index (χ1) is 14.7. The summed E-state index contributed by atoms with van der Waals surface area (Å²) in [6.45, 7) is 4.11. The summed E-state index contributed by atoms with van der Waals surface area (Å²) in [6.07, 6.45) is 0. The fourth-order valence-electron chi connectivity index (χ4n) is 3.84. The first-order valence-electron chi connectivity index (χ1n) is 10.3. The van der Waals surface area contributed by atoms with Crippen LogP contribution in [0.5, 0.6) is 5.75 Å². The minimum atomic E-state index is -1.37. The lowest BCUT2D eigenvalue weighted by Crippen LogP contribution is -2.32. The number of likely N-dealkylation sites (N-methyl/N-ethyl adjacent to an activating group) is 1. The third-order valence-electron chi connectivity index (χ3n) is 5.36. The number of hydrogen-bond donors (Lipinski definition) is 2. The first kappa shape index (κ1) is 20.1. The number of nitrogens with zero attached hydrogens (tertiary/aromatic N) is 2. The number of aliphatic hydroxyl groups is 1. The van der Waals surface area contributed by atoms with Gasteiger partial charge in [0.25, 0.3) is 0 Å². The molecular weight excluding hydrogens is 374 g/mol. The van der Waals surface area contributed by atoms with Crippen LogP contribution in [0.3, 0.4) is 0 Å². The van der Waals surface area contributed by atoms with Gasteiger partial charge in [0.1, 0.15) is 12.4 Å². The molecule has 0 radical (unpaired) electrons. The number of aryl methyl sites for hydroxylation is 1. The van der Waals surface area contributed by atoms with Gasteiger partial charge in [-0.05, 0) is 37.2 Å². The van der Waals surface area contributed by atoms with Crippen molar-refractivity contribution in [3.05, 3.63) is 95.8 Å². The molecular formula is C25H27N3O2. The molecule has 0 fully saturated rings. The number of rotatable bonds is 8. The number of imidazole rings is 1. The monoisotopic (exact) mass is 401 g/mol. The zero-order valence-corrected chi connectivity index (χ0v) is 17.4. The molecule has 2 N–H and O–H groups in total. The predicted molar refractivity (Wildman–Crippen MR) is 120 cm³/mol. The maximum atomic E-state index is 12.2. The van der Waals surface area contributed by atoms with Gasteiger partial charge in [0, 0.05) is 19.2 Å². The number of fused-ring (bicyclic) bond motifs is 1. The Labute approximate surface area is 177 Å². The van der Waals surface area contributed by atoms with Crippen LogP contribution < -0.4 is 10.1 Å². The van der Waals surface area contributed by atoms with Gasteiger partial charge in [-0.2, -0.15) is 0 Å². The summed E-state index contributed by atoms with van der Waals surface area (Å²) in [5, 5.41) is 15.2. The summed E-state index contributed by atoms with van der Waals surface area (Å²) in [4.78, 5) is 4.89. The zero-order valence-electron chi connectivity index (χ0n) is 17.4. The van der Waals surface area contributed by atoms with Gasteiger partial charge in [-0.3, -0.25) is 0 Å². The summed E-state index contributed by atoms with van der Waals surface area (Å²) < 4.78 is 7.92. The van der Waals surface area contributed by atoms with Crippen LogP contribution in [0.4, 0.5) is 0 Å². The highest BCUT2D eigenvalue weighted by Gasteiger charge is 2.38. The van der Waals surface area contributed by atoms with E-state index in [0.717, 1.165) is 34.5 Å². The second-order valence-electron chi connectivity index (χ2n) is 7.22. The molecule has 3 aromatic carbocycles. The van der Waals surface area contributed by atoms with Crippen molar-refractivity contribution < 1.29 is 9.84 Å². The molecule has 0 unspecified atom stereocenters. The van der Waals surface area contributed by atoms with Crippen LogP contribution in [0, 0.1) is 0 Å². The van der Waals surface area contributed by atoms with Crippen molar-refractivity contribution in [2.75, 3.05) is 20.2 Å². The molecule has 0 aliphatic carbocycles. The van der Waals surface area contributed by atoms with Gasteiger partial charge in [0.2, 0.25) is 0 Å². The maximum absolute atomic E-state index is 12.2. The Hall–Kier alpha value is -3.15. The molecule has 5 heteroatoms. The summed E-state index contributed by atoms with van der Waals surface area (Å²) in [6, 6.07) is 25.3. The van der Waals surface area contributed by atoms with Crippen molar-refractivity contribution in [3.8, 4) is 5.75 Å². The molecule has 0 amide bonds. The van der Waals surface area contributed by atoms with Gasteiger partial charge in [0.05, 0.1) is 11.0 Å². The van der Waals surface area contributed by atoms with E-state index in [-0.39, 0.29) is 0 Å². The van der Waals surface area contributed by atoms with Crippen molar-refractivity contribution in [1.29, 1.82) is 0 Å². The average molecular weight is 402 g/mol. The third-order valence-corrected chi connectivity index (χ3v) is 5.36. The molecule has 0 bridgehead atoms. The molecule has 0 saturated carbocycles. The topological polar surface area (TPSA) is 59.3 Å². The molecule has 154 valence electrons. The second-order valence-corrected chi connectivity index (χ2v) is 7.22. The highest BCUT2D eigenvalue weighted by atomic mass is 16.5. The fourth-order valence-corrected chi connectivity index (χ4v) is 3.84. The van der Waals surface area contributed by atoms with Crippen LogP contribution in [0.15, 0.2) is 78.9 Å². The van der Waals surface area contributed by atoms with E-state index in [1.54, 1.807) is 0 Å². The first-order valence-corrected chi connectivity index (χ1v) is 10.3. The van der Waals surface area contributed by atoms with E-state index in [0.29, 0.717) is 19.0 Å². The second kappa shape index (κ2) is 8.69. The lowest BCUT2D eigenvalue weighted by Gasteiger charge is -2.29. The van der Waals surface area contributed by atoms with E-state index >= 15 is 0 Å². The van der Waals surface area contributed by atoms with Crippen LogP contribution in [0.1, 0.15) is 23.9 Å². The van der Waals surface area contributed by atoms with Gasteiger partial charge in [-0.25, -0.2) is 4.98 Å². The highest BCUT2D eigenvalue weighted by Crippen LogP contribution is 2.38. The van der Waals surface area contributed by atoms with Gasteiger partial charge >= 0.3 is 0 Å². The molecule has 5 nitrogen and oxygen atoms in total. The summed E-state index contributed by atoms with van der Waals surface area (Å²) >= 11 is 0. The van der Waals surface area contributed by atoms with Crippen LogP contribution in [-0.4, -0.2) is 34.9 Å². The van der Waals surface area contributed by atoms with Crippen molar-refractivity contribution in [2.24, 2.45) is 0 Å². The Morgan fingerprint density at radius 1 is 0.967 bits per heavy atom. The predicted octanol–water partition coefficient (Wildman–Crippen LogP) is 3.94. The Kier molecular flexibility index (Phi) is 5.84. The molecule has 4 rings (SSSR count). The summed E-state index contributed by atoms with van der Waals surface area (Å²) in [5.41, 5.74) is 1.97. The molecule has 4 aromatic rings. The van der Waals surface area contributed by atoms with Gasteiger partial charge in [-0.15, -0.1) is 0 Å². The number of hydrogen-bond acceptors (Lipinski definition) is 4. The van der Waals surface area contributed by atoms with Gasteiger partial charge in [0.15, 0.2) is 11.4 Å². The number of benzene rings is 3. The Morgan fingerprint density at radius 2 is 1.60 bits per heavy atom. The standard InChI is InChI=1S/C25H27N3O2/c1-3-28-23-18-21(30-17-16-26-2)14-15-22(23)27-24(28)25(29,19-10-6-4-7-11-19)20-12-8-5-9-13-20/h4-15,18,26,29H,3,16-17H2,1-2H3. The van der Waals surface area contributed by atoms with Gasteiger partial charge in [-0.1, -0.05) is 60.7 Å². The normalized spacial score (nSPS) is 11.7. The zero-order chi connectivity index (χ0) is 21.0. The van der Waals surface area contributed by atoms with Crippen molar-refractivity contribution in [2.45, 2.75) is 19.1 Å². The molecule has 1 heterocycles. The summed E-state index contributed by atoms with van der Waals surface area (Å²) in [5.74, 6) is 1.40. The molecule has 0 aliphatic rings. The Balaban J connectivity index is 1.90. The Morgan fingerprint density at radius 3 is 2.17 bits per heavy atom. The van der Waals surface area contributed by atoms with Crippen LogP contribution in [-0.2, 0) is 12.1 Å². The van der Waals surface area contributed by atoms with E-state index in [9.17, 15) is 5.11 Å². The number of aromatic nitrogens is 2. The smallest absolute Gasteiger partial charge is 0.173 e. The molecule has 30 heavy (non-hydrogen) atoms. The van der Waals surface area contributed by atoms with Crippen molar-refractivity contribution >= 4 is 11.0 Å². The quantitative estimate of drug-likeness (QED) is 0.439. The minimum Gasteiger partial charge on any atom is -0.492 e. The highest BCUT2D eigenvalue weighted by molar-refractivity contribution is 5.78. The van der Waals surface area contributed by atoms with E-state index in [2.05, 4.69) is 16.8 Å². The number of nitrogens with one attached hydrogen (secondary N) is 1. The SMILES string of the molecule is CCn1c(C(O)(c2ccccc2)c2ccccc2)nc2ccc(OCCNC)cc21. The molecule has 0 saturated heterocycles. The third kappa shape index (κ3) is 3.58. The van der Waals surface area contributed by atoms with E-state index in [1.165, 1.54) is 0 Å². The maximum Gasteiger partial charge on any atom is 0.173 e. The van der Waals surface area contributed by atoms with E-state index in [1.807, 2.05) is 85.9 Å². The average Bonchev–Trinajstić information content (AvgIpc) is 3.18. The number of ether oxygens (including phenoxy) is 1. The largest absolute Gasteiger partial charge is 0.492 e. The minimum absolute atomic E-state index is 0.590. The molecule has 0 atom stereocenters. The van der Waals surface area contributed by atoms with E-state index < -0.39 is 5.60 Å². The fraction of sp³-hybridized carbons (Fsp3) is 0.240. The van der Waals surface area contributed by atoms with Gasteiger partial charge < -0.3 is 19.7 Å². The summed E-state index contributed by atoms with van der Waals surface area (Å²) in [7, 11) is 1.90. The van der Waals surface area contributed by atoms with E-state index in [4.69, 9.17) is 9.72 Å². The molecule has 0 aliphatic heterocycles. The van der Waals surface area contributed by atoms with Crippen LogP contribution in [0.2, 0.25) is 0 Å².